The van der Waals surface area contributed by atoms with Crippen LogP contribution in [0.15, 0.2) is 30.3 Å². The number of carbonyl (C=O) groups is 1. The first kappa shape index (κ1) is 17.8. The fraction of sp³-hybridized carbons (Fsp3) is 0.571. The highest BCUT2D eigenvalue weighted by molar-refractivity contribution is 5.82. The second-order valence-electron chi connectivity index (χ2n) is 8.42. The molecule has 0 bridgehead atoms. The van der Waals surface area contributed by atoms with Gasteiger partial charge in [0.05, 0.1) is 6.04 Å². The maximum absolute atomic E-state index is 13.2. The number of amides is 1. The average molecular weight is 380 g/mol. The summed E-state index contributed by atoms with van der Waals surface area (Å²) in [5.74, 6) is 2.14. The van der Waals surface area contributed by atoms with Crippen LogP contribution in [0.5, 0.6) is 0 Å². The number of benzene rings is 1. The quantitative estimate of drug-likeness (QED) is 0.815. The van der Waals surface area contributed by atoms with E-state index in [9.17, 15) is 4.79 Å². The van der Waals surface area contributed by atoms with Crippen molar-refractivity contribution in [2.24, 2.45) is 5.41 Å². The largest absolute Gasteiger partial charge is 0.339 e. The molecule has 2 fully saturated rings. The molecule has 2 aromatic rings. The Balaban J connectivity index is 1.27. The second kappa shape index (κ2) is 7.29. The summed E-state index contributed by atoms with van der Waals surface area (Å²) in [6, 6.07) is 10.1. The molecule has 1 aromatic heterocycles. The Morgan fingerprint density at radius 1 is 1.07 bits per heavy atom. The number of hydrogen-bond acceptors (Lipinski definition) is 5. The van der Waals surface area contributed by atoms with Gasteiger partial charge in [0.2, 0.25) is 5.91 Å². The van der Waals surface area contributed by atoms with Crippen molar-refractivity contribution in [3.63, 3.8) is 0 Å². The first-order chi connectivity index (χ1) is 13.7. The third kappa shape index (κ3) is 3.22. The third-order valence-electron chi connectivity index (χ3n) is 6.69. The average Bonchev–Trinajstić information content (AvgIpc) is 3.27. The van der Waals surface area contributed by atoms with E-state index in [0.717, 1.165) is 69.3 Å². The van der Waals surface area contributed by atoms with Gasteiger partial charge in [-0.25, -0.2) is 0 Å². The SMILES string of the molecule is O=C([C@@H]1CC2(CCNCC2)CN1)N1CCc2nnc(-c3ccccc3)n2CC1. The van der Waals surface area contributed by atoms with E-state index in [1.165, 1.54) is 12.8 Å². The van der Waals surface area contributed by atoms with Crippen LogP contribution >= 0.6 is 0 Å². The van der Waals surface area contributed by atoms with Crippen LogP contribution in [0.2, 0.25) is 0 Å². The zero-order chi connectivity index (χ0) is 19.0. The van der Waals surface area contributed by atoms with Crippen LogP contribution < -0.4 is 10.6 Å². The van der Waals surface area contributed by atoms with Gasteiger partial charge in [-0.05, 0) is 37.8 Å². The normalized spacial score (nSPS) is 24.1. The number of nitrogens with zero attached hydrogens (tertiary/aromatic N) is 4. The lowest BCUT2D eigenvalue weighted by Gasteiger charge is -2.33. The van der Waals surface area contributed by atoms with Gasteiger partial charge in [0.25, 0.3) is 0 Å². The summed E-state index contributed by atoms with van der Waals surface area (Å²) in [5.41, 5.74) is 1.39. The monoisotopic (exact) mass is 380 g/mol. The van der Waals surface area contributed by atoms with E-state index < -0.39 is 0 Å². The van der Waals surface area contributed by atoms with Crippen LogP contribution in [0.4, 0.5) is 0 Å². The van der Waals surface area contributed by atoms with Crippen molar-refractivity contribution < 1.29 is 4.79 Å². The third-order valence-corrected chi connectivity index (χ3v) is 6.69. The van der Waals surface area contributed by atoms with Crippen molar-refractivity contribution in [1.82, 2.24) is 30.3 Å². The van der Waals surface area contributed by atoms with Crippen LogP contribution in [-0.4, -0.2) is 64.3 Å². The lowest BCUT2D eigenvalue weighted by Crippen LogP contribution is -2.44. The summed E-state index contributed by atoms with van der Waals surface area (Å²) < 4.78 is 2.18. The van der Waals surface area contributed by atoms with Crippen LogP contribution in [0, 0.1) is 5.41 Å². The summed E-state index contributed by atoms with van der Waals surface area (Å²) in [4.78, 5) is 15.2. The number of piperidine rings is 1. The molecule has 2 N–H and O–H groups in total. The fourth-order valence-electron chi connectivity index (χ4n) is 4.99. The molecule has 3 aliphatic rings. The van der Waals surface area contributed by atoms with Crippen molar-refractivity contribution in [2.45, 2.75) is 38.3 Å². The summed E-state index contributed by atoms with van der Waals surface area (Å²) in [7, 11) is 0. The Labute approximate surface area is 165 Å². The van der Waals surface area contributed by atoms with Gasteiger partial charge in [-0.3, -0.25) is 4.79 Å². The van der Waals surface area contributed by atoms with E-state index in [-0.39, 0.29) is 11.9 Å². The predicted octanol–water partition coefficient (Wildman–Crippen LogP) is 1.06. The molecule has 28 heavy (non-hydrogen) atoms. The summed E-state index contributed by atoms with van der Waals surface area (Å²) in [6.07, 6.45) is 4.08. The molecule has 1 spiro atoms. The number of fused-ring (bicyclic) bond motifs is 1. The number of nitrogens with one attached hydrogen (secondary N) is 2. The number of rotatable bonds is 2. The molecular formula is C21H28N6O. The summed E-state index contributed by atoms with van der Waals surface area (Å²) in [6.45, 7) is 5.31. The van der Waals surface area contributed by atoms with E-state index in [4.69, 9.17) is 0 Å². The first-order valence-electron chi connectivity index (χ1n) is 10.4. The van der Waals surface area contributed by atoms with E-state index in [1.807, 2.05) is 23.1 Å². The van der Waals surface area contributed by atoms with Crippen LogP contribution in [0.3, 0.4) is 0 Å². The minimum absolute atomic E-state index is 0.0322. The van der Waals surface area contributed by atoms with Gasteiger partial charge in [0.15, 0.2) is 5.82 Å². The summed E-state index contributed by atoms with van der Waals surface area (Å²) >= 11 is 0. The highest BCUT2D eigenvalue weighted by atomic mass is 16.2. The Morgan fingerprint density at radius 2 is 1.89 bits per heavy atom. The van der Waals surface area contributed by atoms with Crippen molar-refractivity contribution in [3.05, 3.63) is 36.2 Å². The van der Waals surface area contributed by atoms with Crippen molar-refractivity contribution in [2.75, 3.05) is 32.7 Å². The molecule has 7 heteroatoms. The van der Waals surface area contributed by atoms with Crippen LogP contribution in [-0.2, 0) is 17.8 Å². The number of carbonyl (C=O) groups excluding carboxylic acids is 1. The zero-order valence-corrected chi connectivity index (χ0v) is 16.2. The molecule has 0 saturated carbocycles. The Kier molecular flexibility index (Phi) is 4.64. The van der Waals surface area contributed by atoms with Gasteiger partial charge in [-0.15, -0.1) is 10.2 Å². The second-order valence-corrected chi connectivity index (χ2v) is 8.42. The minimum atomic E-state index is -0.0322. The molecule has 1 aromatic carbocycles. The Hall–Kier alpha value is -2.25. The lowest BCUT2D eigenvalue weighted by atomic mass is 9.77. The molecule has 5 rings (SSSR count). The number of hydrogen-bond donors (Lipinski definition) is 2. The number of aromatic nitrogens is 3. The topological polar surface area (TPSA) is 75.1 Å². The molecule has 1 amide bonds. The van der Waals surface area contributed by atoms with Crippen molar-refractivity contribution >= 4 is 5.91 Å². The van der Waals surface area contributed by atoms with Gasteiger partial charge >= 0.3 is 0 Å². The van der Waals surface area contributed by atoms with Gasteiger partial charge in [0.1, 0.15) is 5.82 Å². The Morgan fingerprint density at radius 3 is 2.71 bits per heavy atom. The summed E-state index contributed by atoms with van der Waals surface area (Å²) in [5, 5.41) is 15.8. The highest BCUT2D eigenvalue weighted by Gasteiger charge is 2.43. The predicted molar refractivity (Wildman–Crippen MR) is 107 cm³/mol. The van der Waals surface area contributed by atoms with E-state index in [0.29, 0.717) is 5.41 Å². The van der Waals surface area contributed by atoms with Gasteiger partial charge in [-0.2, -0.15) is 0 Å². The molecule has 7 nitrogen and oxygen atoms in total. The fourth-order valence-corrected chi connectivity index (χ4v) is 4.99. The standard InChI is InChI=1S/C21H28N6O/c28-20(17-14-21(15-23-17)7-9-22-10-8-21)26-11-6-18-24-25-19(27(18)13-12-26)16-4-2-1-3-5-16/h1-5,17,22-23H,6-15H2/t17-/m0/s1. The molecule has 3 aliphatic heterocycles. The molecule has 1 atom stereocenters. The minimum Gasteiger partial charge on any atom is -0.339 e. The molecule has 4 heterocycles. The highest BCUT2D eigenvalue weighted by Crippen LogP contribution is 2.37. The van der Waals surface area contributed by atoms with Crippen molar-refractivity contribution in [1.29, 1.82) is 0 Å². The molecule has 2 saturated heterocycles. The molecule has 0 radical (unpaired) electrons. The van der Waals surface area contributed by atoms with E-state index in [2.05, 4.69) is 37.5 Å². The van der Waals surface area contributed by atoms with Gasteiger partial charge in [-0.1, -0.05) is 30.3 Å². The van der Waals surface area contributed by atoms with Gasteiger partial charge < -0.3 is 20.1 Å². The van der Waals surface area contributed by atoms with E-state index in [1.54, 1.807) is 0 Å². The van der Waals surface area contributed by atoms with E-state index >= 15 is 0 Å². The molecule has 0 aliphatic carbocycles. The lowest BCUT2D eigenvalue weighted by molar-refractivity contribution is -0.133. The maximum Gasteiger partial charge on any atom is 0.239 e. The Bertz CT molecular complexity index is 842. The van der Waals surface area contributed by atoms with Crippen LogP contribution in [0.25, 0.3) is 11.4 Å². The smallest absolute Gasteiger partial charge is 0.239 e. The zero-order valence-electron chi connectivity index (χ0n) is 16.2. The van der Waals surface area contributed by atoms with Crippen LogP contribution in [0.1, 0.15) is 25.1 Å². The van der Waals surface area contributed by atoms with Crippen molar-refractivity contribution in [3.8, 4) is 11.4 Å². The molecule has 0 unspecified atom stereocenters. The first-order valence-corrected chi connectivity index (χ1v) is 10.4. The maximum atomic E-state index is 13.2. The molecular weight excluding hydrogens is 352 g/mol. The molecule has 148 valence electrons. The van der Waals surface area contributed by atoms with Gasteiger partial charge in [0, 0.05) is 38.2 Å².